The van der Waals surface area contributed by atoms with Crippen molar-refractivity contribution in [3.05, 3.63) is 35.9 Å². The largest absolute Gasteiger partial charge is 0.392 e. The summed E-state index contributed by atoms with van der Waals surface area (Å²) in [4.78, 5) is 35.0. The zero-order chi connectivity index (χ0) is 22.8. The van der Waals surface area contributed by atoms with Gasteiger partial charge in [-0.05, 0) is 31.2 Å². The van der Waals surface area contributed by atoms with Gasteiger partial charge >= 0.3 is 0 Å². The lowest BCUT2D eigenvalue weighted by atomic mass is 10.1. The van der Waals surface area contributed by atoms with E-state index in [0.717, 1.165) is 44.3 Å². The van der Waals surface area contributed by atoms with E-state index in [-0.39, 0.29) is 24.3 Å². The van der Waals surface area contributed by atoms with Crippen LogP contribution in [0.15, 0.2) is 30.3 Å². The molecule has 1 unspecified atom stereocenters. The maximum absolute atomic E-state index is 11.3. The van der Waals surface area contributed by atoms with E-state index in [0.29, 0.717) is 12.3 Å². The first kappa shape index (κ1) is 27.8. The lowest BCUT2D eigenvalue weighted by Gasteiger charge is -2.14. The van der Waals surface area contributed by atoms with Gasteiger partial charge in [-0.1, -0.05) is 64.4 Å². The first-order valence-electron chi connectivity index (χ1n) is 11.2. The number of unbranched alkanes of at least 4 members (excludes halogenated alkanes) is 1. The van der Waals surface area contributed by atoms with Crippen LogP contribution in [-0.2, 0) is 21.0 Å². The lowest BCUT2D eigenvalue weighted by Crippen LogP contribution is -2.33. The highest BCUT2D eigenvalue weighted by atomic mass is 16.3. The third-order valence-electron chi connectivity index (χ3n) is 4.87. The van der Waals surface area contributed by atoms with Crippen LogP contribution in [0.3, 0.4) is 0 Å². The van der Waals surface area contributed by atoms with Crippen molar-refractivity contribution in [2.24, 2.45) is 5.92 Å². The number of amides is 3. The standard InChI is InChI=1S/C9H17NO.C8H15NO2.C7H8O/c1-2-3-6-9(11)10-7-4-5-8-10;1-4-6(3)8(11)9-7(10)5-2;8-6-7-4-2-1-3-5-7/h2-8H2,1H3;6H,4-5H2,1-3H3,(H,9,10,11);1-5,8H,6H2. The van der Waals surface area contributed by atoms with Gasteiger partial charge < -0.3 is 10.0 Å². The van der Waals surface area contributed by atoms with Crippen molar-refractivity contribution in [3.8, 4) is 0 Å². The van der Waals surface area contributed by atoms with E-state index in [4.69, 9.17) is 5.11 Å². The quantitative estimate of drug-likeness (QED) is 0.696. The van der Waals surface area contributed by atoms with Gasteiger partial charge in [0.25, 0.3) is 0 Å². The first-order chi connectivity index (χ1) is 14.4. The molecule has 0 aliphatic carbocycles. The highest BCUT2D eigenvalue weighted by Gasteiger charge is 2.16. The predicted octanol–water partition coefficient (Wildman–Crippen LogP) is 4.06. The van der Waals surface area contributed by atoms with Crippen molar-refractivity contribution in [3.63, 3.8) is 0 Å². The molecule has 1 aliphatic rings. The smallest absolute Gasteiger partial charge is 0.229 e. The van der Waals surface area contributed by atoms with Crippen molar-refractivity contribution in [2.75, 3.05) is 13.1 Å². The van der Waals surface area contributed by atoms with Crippen LogP contribution in [0.1, 0.15) is 78.2 Å². The van der Waals surface area contributed by atoms with Crippen LogP contribution in [0, 0.1) is 5.92 Å². The number of aliphatic hydroxyl groups is 1. The Morgan fingerprint density at radius 1 is 1.07 bits per heavy atom. The number of benzene rings is 1. The van der Waals surface area contributed by atoms with Gasteiger partial charge in [-0.25, -0.2) is 0 Å². The van der Waals surface area contributed by atoms with Crippen molar-refractivity contribution >= 4 is 17.7 Å². The molecule has 1 saturated heterocycles. The van der Waals surface area contributed by atoms with Crippen molar-refractivity contribution in [1.29, 1.82) is 0 Å². The topological polar surface area (TPSA) is 86.7 Å². The first-order valence-corrected chi connectivity index (χ1v) is 11.2. The summed E-state index contributed by atoms with van der Waals surface area (Å²) in [6.45, 7) is 9.71. The van der Waals surface area contributed by atoms with Gasteiger partial charge in [-0.15, -0.1) is 0 Å². The molecule has 170 valence electrons. The number of hydrogen-bond acceptors (Lipinski definition) is 4. The monoisotopic (exact) mass is 420 g/mol. The third kappa shape index (κ3) is 13.1. The molecule has 0 aromatic heterocycles. The van der Waals surface area contributed by atoms with E-state index < -0.39 is 0 Å². The summed E-state index contributed by atoms with van der Waals surface area (Å²) in [5.74, 6) is -0.0653. The van der Waals surface area contributed by atoms with Crippen LogP contribution in [0.2, 0.25) is 0 Å². The summed E-state index contributed by atoms with van der Waals surface area (Å²) in [6, 6.07) is 9.52. The second-order valence-electron chi connectivity index (χ2n) is 7.41. The fourth-order valence-corrected chi connectivity index (χ4v) is 2.57. The van der Waals surface area contributed by atoms with E-state index in [2.05, 4.69) is 12.2 Å². The Morgan fingerprint density at radius 2 is 1.67 bits per heavy atom. The molecule has 0 spiro atoms. The van der Waals surface area contributed by atoms with Gasteiger partial charge in [0.05, 0.1) is 6.61 Å². The minimum Gasteiger partial charge on any atom is -0.392 e. The molecule has 0 saturated carbocycles. The molecule has 1 aliphatic heterocycles. The molecule has 1 atom stereocenters. The Labute approximate surface area is 182 Å². The molecular formula is C24H40N2O4. The molecule has 0 radical (unpaired) electrons. The molecule has 3 amide bonds. The van der Waals surface area contributed by atoms with E-state index in [1.54, 1.807) is 13.8 Å². The average Bonchev–Trinajstić information content (AvgIpc) is 3.33. The molecule has 6 heteroatoms. The summed E-state index contributed by atoms with van der Waals surface area (Å²) in [7, 11) is 0. The summed E-state index contributed by atoms with van der Waals surface area (Å²) in [6.07, 6.45) is 6.48. The van der Waals surface area contributed by atoms with Gasteiger partial charge in [0.15, 0.2) is 0 Å². The number of carbonyl (C=O) groups excluding carboxylic acids is 3. The molecule has 1 fully saturated rings. The molecule has 1 heterocycles. The number of hydrogen-bond donors (Lipinski definition) is 2. The zero-order valence-electron chi connectivity index (χ0n) is 19.2. The van der Waals surface area contributed by atoms with Crippen LogP contribution >= 0.6 is 0 Å². The maximum Gasteiger partial charge on any atom is 0.229 e. The predicted molar refractivity (Wildman–Crippen MR) is 121 cm³/mol. The van der Waals surface area contributed by atoms with Gasteiger partial charge in [-0.3, -0.25) is 19.7 Å². The van der Waals surface area contributed by atoms with Crippen molar-refractivity contribution < 1.29 is 19.5 Å². The number of nitrogens with zero attached hydrogens (tertiary/aromatic N) is 1. The van der Waals surface area contributed by atoms with Crippen LogP contribution in [0.4, 0.5) is 0 Å². The Kier molecular flexibility index (Phi) is 16.3. The molecule has 6 nitrogen and oxygen atoms in total. The second-order valence-corrected chi connectivity index (χ2v) is 7.41. The van der Waals surface area contributed by atoms with Gasteiger partial charge in [0.1, 0.15) is 0 Å². The number of nitrogens with one attached hydrogen (secondary N) is 1. The molecule has 0 bridgehead atoms. The van der Waals surface area contributed by atoms with Crippen LogP contribution in [0.5, 0.6) is 0 Å². The SMILES string of the molecule is CCC(=O)NC(=O)C(C)CC.CCCCC(=O)N1CCCC1.OCc1ccccc1. The highest BCUT2D eigenvalue weighted by molar-refractivity contribution is 5.95. The van der Waals surface area contributed by atoms with Gasteiger partial charge in [-0.2, -0.15) is 0 Å². The van der Waals surface area contributed by atoms with Crippen LogP contribution in [0.25, 0.3) is 0 Å². The fourth-order valence-electron chi connectivity index (χ4n) is 2.57. The molecule has 30 heavy (non-hydrogen) atoms. The van der Waals surface area contributed by atoms with E-state index in [1.807, 2.05) is 42.2 Å². The summed E-state index contributed by atoms with van der Waals surface area (Å²) in [5.41, 5.74) is 0.965. The molecule has 1 aromatic rings. The lowest BCUT2D eigenvalue weighted by molar-refractivity contribution is -0.132. The van der Waals surface area contributed by atoms with Gasteiger partial charge in [0, 0.05) is 31.8 Å². The number of rotatable bonds is 7. The van der Waals surface area contributed by atoms with Crippen molar-refractivity contribution in [2.45, 2.75) is 79.2 Å². The van der Waals surface area contributed by atoms with Crippen molar-refractivity contribution in [1.82, 2.24) is 10.2 Å². The van der Waals surface area contributed by atoms with E-state index in [1.165, 1.54) is 12.8 Å². The number of aliphatic hydroxyl groups excluding tert-OH is 1. The number of imide groups is 1. The van der Waals surface area contributed by atoms with Crippen LogP contribution < -0.4 is 5.32 Å². The average molecular weight is 421 g/mol. The highest BCUT2D eigenvalue weighted by Crippen LogP contribution is 2.10. The molecule has 1 aromatic carbocycles. The summed E-state index contributed by atoms with van der Waals surface area (Å²) in [5, 5.41) is 10.8. The maximum atomic E-state index is 11.3. The Bertz CT molecular complexity index is 598. The zero-order valence-corrected chi connectivity index (χ0v) is 19.2. The number of likely N-dealkylation sites (tertiary alicyclic amines) is 1. The van der Waals surface area contributed by atoms with Gasteiger partial charge in [0.2, 0.25) is 17.7 Å². The Morgan fingerprint density at radius 3 is 2.10 bits per heavy atom. The minimum atomic E-state index is -0.199. The third-order valence-corrected chi connectivity index (χ3v) is 4.87. The summed E-state index contributed by atoms with van der Waals surface area (Å²) >= 11 is 0. The normalized spacial score (nSPS) is 13.3. The number of carbonyl (C=O) groups is 3. The van der Waals surface area contributed by atoms with Crippen LogP contribution in [-0.4, -0.2) is 40.8 Å². The molecule has 2 N–H and O–H groups in total. The van der Waals surface area contributed by atoms with E-state index in [9.17, 15) is 14.4 Å². The Hall–Kier alpha value is -2.21. The van der Waals surface area contributed by atoms with E-state index >= 15 is 0 Å². The molecular weight excluding hydrogens is 380 g/mol. The fraction of sp³-hybridized carbons (Fsp3) is 0.625. The second kappa shape index (κ2) is 17.6. The summed E-state index contributed by atoms with van der Waals surface area (Å²) < 4.78 is 0. The minimum absolute atomic E-state index is 0.0644. The molecule has 2 rings (SSSR count). The Balaban J connectivity index is 0.000000426.